The van der Waals surface area contributed by atoms with Gasteiger partial charge in [0.05, 0.1) is 11.0 Å². The lowest BCUT2D eigenvalue weighted by Crippen LogP contribution is -2.32. The van der Waals surface area contributed by atoms with Crippen LogP contribution < -0.4 is 10.6 Å². The highest BCUT2D eigenvalue weighted by Crippen LogP contribution is 2.31. The van der Waals surface area contributed by atoms with Crippen LogP contribution in [-0.2, 0) is 0 Å². The minimum Gasteiger partial charge on any atom is -0.391 e. The average molecular weight is 321 g/mol. The molecule has 2 rings (SSSR count). The Morgan fingerprint density at radius 1 is 1.43 bits per heavy atom. The number of amides is 1. The molecule has 0 aromatic heterocycles. The molecule has 126 valence electrons. The fourth-order valence-corrected chi connectivity index (χ4v) is 2.33. The zero-order valence-corrected chi connectivity index (χ0v) is 13.4. The van der Waals surface area contributed by atoms with Crippen molar-refractivity contribution in [2.24, 2.45) is 5.92 Å². The van der Waals surface area contributed by atoms with Gasteiger partial charge >= 0.3 is 0 Å². The van der Waals surface area contributed by atoms with Gasteiger partial charge in [-0.2, -0.15) is 0 Å². The number of carbonyl (C=O) groups excluding carboxylic acids is 1. The smallest absolute Gasteiger partial charge is 0.293 e. The molecule has 0 heterocycles. The van der Waals surface area contributed by atoms with Crippen molar-refractivity contribution in [2.45, 2.75) is 45.3 Å². The number of nitro groups is 1. The van der Waals surface area contributed by atoms with E-state index in [4.69, 9.17) is 0 Å². The number of carbonyl (C=O) groups is 1. The maximum absolute atomic E-state index is 12.1. The molecule has 1 unspecified atom stereocenters. The third kappa shape index (κ3) is 5.21. The topological polar surface area (TPSA) is 104 Å². The molecule has 0 bridgehead atoms. The summed E-state index contributed by atoms with van der Waals surface area (Å²) in [4.78, 5) is 22.8. The summed E-state index contributed by atoms with van der Waals surface area (Å²) in [6, 6.07) is 4.69. The van der Waals surface area contributed by atoms with E-state index in [0.717, 1.165) is 12.8 Å². The van der Waals surface area contributed by atoms with E-state index in [1.54, 1.807) is 12.1 Å². The lowest BCUT2D eigenvalue weighted by molar-refractivity contribution is -0.384. The monoisotopic (exact) mass is 321 g/mol. The van der Waals surface area contributed by atoms with Gasteiger partial charge in [0, 0.05) is 24.2 Å². The fourth-order valence-electron chi connectivity index (χ4n) is 2.33. The molecule has 7 heteroatoms. The number of hydrogen-bond donors (Lipinski definition) is 3. The molecule has 1 aromatic carbocycles. The Morgan fingerprint density at radius 3 is 2.70 bits per heavy atom. The maximum atomic E-state index is 12.1. The van der Waals surface area contributed by atoms with Crippen molar-refractivity contribution in [3.8, 4) is 0 Å². The maximum Gasteiger partial charge on any atom is 0.293 e. The van der Waals surface area contributed by atoms with Crippen LogP contribution >= 0.6 is 0 Å². The summed E-state index contributed by atoms with van der Waals surface area (Å²) in [5.74, 6) is -0.0929. The Kier molecular flexibility index (Phi) is 5.54. The van der Waals surface area contributed by atoms with E-state index < -0.39 is 16.9 Å². The van der Waals surface area contributed by atoms with Gasteiger partial charge in [0.1, 0.15) is 5.69 Å². The summed E-state index contributed by atoms with van der Waals surface area (Å²) in [5.41, 5.74) is 0.552. The molecule has 1 amide bonds. The Hall–Kier alpha value is -2.15. The van der Waals surface area contributed by atoms with Crippen LogP contribution in [0.25, 0.3) is 0 Å². The minimum atomic E-state index is -0.621. The summed E-state index contributed by atoms with van der Waals surface area (Å²) in [6.07, 6.45) is 1.98. The average Bonchev–Trinajstić information content (AvgIpc) is 3.28. The predicted octanol–water partition coefficient (Wildman–Crippen LogP) is 2.31. The summed E-state index contributed by atoms with van der Waals surface area (Å²) in [5, 5.41) is 26.7. The highest BCUT2D eigenvalue weighted by molar-refractivity contribution is 5.95. The first-order valence-electron chi connectivity index (χ1n) is 7.88. The van der Waals surface area contributed by atoms with E-state index in [9.17, 15) is 20.0 Å². The van der Waals surface area contributed by atoms with Crippen LogP contribution in [0.15, 0.2) is 18.2 Å². The minimum absolute atomic E-state index is 0.104. The molecule has 0 saturated heterocycles. The molecule has 1 aromatic rings. The van der Waals surface area contributed by atoms with Crippen LogP contribution in [0.2, 0.25) is 0 Å². The van der Waals surface area contributed by atoms with E-state index >= 15 is 0 Å². The van der Waals surface area contributed by atoms with Gasteiger partial charge in [0.15, 0.2) is 0 Å². The van der Waals surface area contributed by atoms with Gasteiger partial charge in [-0.15, -0.1) is 0 Å². The molecule has 1 atom stereocenters. The van der Waals surface area contributed by atoms with Gasteiger partial charge < -0.3 is 15.7 Å². The quantitative estimate of drug-likeness (QED) is 0.503. The SMILES string of the molecule is CC(C)CC(O)CNC(=O)c1ccc(NC2CC2)c([N+](=O)[O-])c1. The van der Waals surface area contributed by atoms with E-state index in [1.807, 2.05) is 13.8 Å². The molecular weight excluding hydrogens is 298 g/mol. The van der Waals surface area contributed by atoms with Crippen molar-refractivity contribution in [3.63, 3.8) is 0 Å². The Bertz CT molecular complexity index is 585. The number of anilines is 1. The van der Waals surface area contributed by atoms with Crippen LogP contribution in [0.5, 0.6) is 0 Å². The highest BCUT2D eigenvalue weighted by Gasteiger charge is 2.25. The third-order valence-electron chi connectivity index (χ3n) is 3.64. The largest absolute Gasteiger partial charge is 0.391 e. The van der Waals surface area contributed by atoms with Crippen molar-refractivity contribution in [2.75, 3.05) is 11.9 Å². The van der Waals surface area contributed by atoms with Gasteiger partial charge in [0.2, 0.25) is 0 Å². The Morgan fingerprint density at radius 2 is 2.13 bits per heavy atom. The molecule has 1 aliphatic rings. The lowest BCUT2D eigenvalue weighted by Gasteiger charge is -2.14. The Labute approximate surface area is 135 Å². The van der Waals surface area contributed by atoms with Crippen molar-refractivity contribution < 1.29 is 14.8 Å². The lowest BCUT2D eigenvalue weighted by atomic mass is 10.1. The number of nitrogens with one attached hydrogen (secondary N) is 2. The van der Waals surface area contributed by atoms with E-state index in [0.29, 0.717) is 24.1 Å². The third-order valence-corrected chi connectivity index (χ3v) is 3.64. The van der Waals surface area contributed by atoms with E-state index in [-0.39, 0.29) is 17.8 Å². The van der Waals surface area contributed by atoms with Gasteiger partial charge in [-0.05, 0) is 37.3 Å². The van der Waals surface area contributed by atoms with Gasteiger partial charge in [0.25, 0.3) is 11.6 Å². The van der Waals surface area contributed by atoms with Crippen molar-refractivity contribution in [1.82, 2.24) is 5.32 Å². The molecule has 7 nitrogen and oxygen atoms in total. The summed E-state index contributed by atoms with van der Waals surface area (Å²) in [6.45, 7) is 4.10. The van der Waals surface area contributed by atoms with Crippen LogP contribution in [0.4, 0.5) is 11.4 Å². The zero-order chi connectivity index (χ0) is 17.0. The molecule has 1 fully saturated rings. The molecule has 23 heavy (non-hydrogen) atoms. The molecule has 0 spiro atoms. The highest BCUT2D eigenvalue weighted by atomic mass is 16.6. The number of aliphatic hydroxyl groups is 1. The van der Waals surface area contributed by atoms with Crippen LogP contribution in [0.3, 0.4) is 0 Å². The molecule has 0 radical (unpaired) electrons. The molecule has 3 N–H and O–H groups in total. The molecule has 1 saturated carbocycles. The number of rotatable bonds is 8. The second-order valence-electron chi connectivity index (χ2n) is 6.40. The Balaban J connectivity index is 2.02. The van der Waals surface area contributed by atoms with Gasteiger partial charge in [-0.3, -0.25) is 14.9 Å². The second-order valence-corrected chi connectivity index (χ2v) is 6.40. The van der Waals surface area contributed by atoms with Crippen LogP contribution in [-0.4, -0.2) is 34.6 Å². The summed E-state index contributed by atoms with van der Waals surface area (Å²) >= 11 is 0. The predicted molar refractivity (Wildman–Crippen MR) is 87.5 cm³/mol. The van der Waals surface area contributed by atoms with Crippen LogP contribution in [0, 0.1) is 16.0 Å². The zero-order valence-electron chi connectivity index (χ0n) is 13.4. The van der Waals surface area contributed by atoms with Crippen molar-refractivity contribution >= 4 is 17.3 Å². The first-order valence-corrected chi connectivity index (χ1v) is 7.88. The first-order chi connectivity index (χ1) is 10.9. The van der Waals surface area contributed by atoms with Gasteiger partial charge in [-0.1, -0.05) is 13.8 Å². The number of hydrogen-bond acceptors (Lipinski definition) is 5. The van der Waals surface area contributed by atoms with Crippen molar-refractivity contribution in [1.29, 1.82) is 0 Å². The normalized spacial score (nSPS) is 15.3. The number of aliphatic hydroxyl groups excluding tert-OH is 1. The van der Waals surface area contributed by atoms with E-state index in [2.05, 4.69) is 10.6 Å². The second kappa shape index (κ2) is 7.41. The summed E-state index contributed by atoms with van der Waals surface area (Å²) < 4.78 is 0. The number of benzene rings is 1. The molecule has 0 aliphatic heterocycles. The number of nitrogens with zero attached hydrogens (tertiary/aromatic N) is 1. The van der Waals surface area contributed by atoms with Gasteiger partial charge in [-0.25, -0.2) is 0 Å². The molecule has 1 aliphatic carbocycles. The standard InChI is InChI=1S/C16H23N3O4/c1-10(2)7-13(20)9-17-16(21)11-3-6-14(18-12-4-5-12)15(8-11)19(22)23/h3,6,8,10,12-13,18,20H,4-5,7,9H2,1-2H3,(H,17,21). The van der Waals surface area contributed by atoms with Crippen LogP contribution in [0.1, 0.15) is 43.5 Å². The summed E-state index contributed by atoms with van der Waals surface area (Å²) in [7, 11) is 0. The van der Waals surface area contributed by atoms with Crippen molar-refractivity contribution in [3.05, 3.63) is 33.9 Å². The first kappa shape index (κ1) is 17.2. The molecular formula is C16H23N3O4. The fraction of sp³-hybridized carbons (Fsp3) is 0.562. The van der Waals surface area contributed by atoms with E-state index in [1.165, 1.54) is 6.07 Å². The number of nitro benzene ring substituents is 1.